The van der Waals surface area contributed by atoms with E-state index in [1.54, 1.807) is 0 Å². The molecule has 1 unspecified atom stereocenters. The minimum atomic E-state index is -0.0134. The van der Waals surface area contributed by atoms with Crippen LogP contribution in [0.5, 0.6) is 5.75 Å². The van der Waals surface area contributed by atoms with Gasteiger partial charge in [0.05, 0.1) is 12.6 Å². The molecule has 1 aromatic rings. The Morgan fingerprint density at radius 3 is 2.59 bits per heavy atom. The van der Waals surface area contributed by atoms with E-state index in [2.05, 4.69) is 19.2 Å². The largest absolute Gasteiger partial charge is 0.492 e. The molecule has 0 spiro atoms. The molecule has 1 atom stereocenters. The van der Waals surface area contributed by atoms with E-state index in [1.165, 1.54) is 5.56 Å². The smallest absolute Gasteiger partial charge is 0.119 e. The minimum absolute atomic E-state index is 0. The molecule has 0 fully saturated rings. The molecule has 98 valence electrons. The van der Waals surface area contributed by atoms with Gasteiger partial charge in [0.15, 0.2) is 0 Å². The molecule has 3 nitrogen and oxygen atoms in total. The zero-order valence-corrected chi connectivity index (χ0v) is 11.5. The minimum Gasteiger partial charge on any atom is -0.492 e. The number of aliphatic hydroxyl groups excluding tert-OH is 1. The summed E-state index contributed by atoms with van der Waals surface area (Å²) in [5.74, 6) is 0.851. The molecular weight excluding hydrogens is 238 g/mol. The van der Waals surface area contributed by atoms with E-state index in [0.29, 0.717) is 12.6 Å². The van der Waals surface area contributed by atoms with Crippen LogP contribution < -0.4 is 10.1 Å². The van der Waals surface area contributed by atoms with Gasteiger partial charge in [0, 0.05) is 6.04 Å². The van der Waals surface area contributed by atoms with Gasteiger partial charge >= 0.3 is 0 Å². The number of aryl methyl sites for hydroxylation is 1. The lowest BCUT2D eigenvalue weighted by Gasteiger charge is -2.19. The topological polar surface area (TPSA) is 41.5 Å². The lowest BCUT2D eigenvalue weighted by atomic mass is 10.2. The molecule has 0 bridgehead atoms. The second-order valence-corrected chi connectivity index (χ2v) is 4.33. The molecule has 1 aromatic carbocycles. The Morgan fingerprint density at radius 1 is 1.35 bits per heavy atom. The van der Waals surface area contributed by atoms with E-state index in [1.807, 2.05) is 31.2 Å². The number of halogens is 1. The fourth-order valence-electron chi connectivity index (χ4n) is 1.53. The zero-order chi connectivity index (χ0) is 12.0. The molecule has 0 aliphatic carbocycles. The molecule has 0 saturated carbocycles. The van der Waals surface area contributed by atoms with E-state index in [0.717, 1.165) is 5.75 Å². The highest BCUT2D eigenvalue weighted by Crippen LogP contribution is 2.12. The highest BCUT2D eigenvalue weighted by Gasteiger charge is 2.09. The molecule has 4 heteroatoms. The summed E-state index contributed by atoms with van der Waals surface area (Å²) in [6.45, 7) is 6.70. The second kappa shape index (κ2) is 8.34. The first-order valence-corrected chi connectivity index (χ1v) is 5.68. The third kappa shape index (κ3) is 6.51. The van der Waals surface area contributed by atoms with Gasteiger partial charge in [-0.3, -0.25) is 0 Å². The Hall–Kier alpha value is -0.770. The standard InChI is InChI=1S/C13H21NO2.ClH/c1-10(2)14-12(8-15)9-16-13-6-4-5-11(3)7-13;/h4-7,10,12,14-15H,8-9H2,1-3H3;1H. The summed E-state index contributed by atoms with van der Waals surface area (Å²) >= 11 is 0. The summed E-state index contributed by atoms with van der Waals surface area (Å²) in [4.78, 5) is 0. The summed E-state index contributed by atoms with van der Waals surface area (Å²) in [5.41, 5.74) is 1.18. The van der Waals surface area contributed by atoms with Crippen LogP contribution >= 0.6 is 12.4 Å². The highest BCUT2D eigenvalue weighted by atomic mass is 35.5. The first-order chi connectivity index (χ1) is 7.61. The maximum atomic E-state index is 9.17. The normalized spacial score (nSPS) is 12.1. The van der Waals surface area contributed by atoms with Crippen molar-refractivity contribution < 1.29 is 9.84 Å². The molecule has 1 rings (SSSR count). The van der Waals surface area contributed by atoms with Gasteiger partial charge in [-0.05, 0) is 24.6 Å². The third-order valence-corrected chi connectivity index (χ3v) is 2.23. The van der Waals surface area contributed by atoms with Gasteiger partial charge in [0.2, 0.25) is 0 Å². The van der Waals surface area contributed by atoms with Crippen molar-refractivity contribution in [1.82, 2.24) is 5.32 Å². The molecule has 0 saturated heterocycles. The molecular formula is C13H22ClNO2. The van der Waals surface area contributed by atoms with Gasteiger partial charge in [0.25, 0.3) is 0 Å². The Morgan fingerprint density at radius 2 is 2.06 bits per heavy atom. The van der Waals surface area contributed by atoms with E-state index >= 15 is 0 Å². The van der Waals surface area contributed by atoms with Gasteiger partial charge in [-0.1, -0.05) is 26.0 Å². The fraction of sp³-hybridized carbons (Fsp3) is 0.538. The quantitative estimate of drug-likeness (QED) is 0.823. The Labute approximate surface area is 110 Å². The van der Waals surface area contributed by atoms with Gasteiger partial charge < -0.3 is 15.2 Å². The van der Waals surface area contributed by atoms with Crippen LogP contribution in [0.15, 0.2) is 24.3 Å². The molecule has 0 heterocycles. The van der Waals surface area contributed by atoms with E-state index in [4.69, 9.17) is 9.84 Å². The second-order valence-electron chi connectivity index (χ2n) is 4.33. The van der Waals surface area contributed by atoms with Crippen molar-refractivity contribution in [1.29, 1.82) is 0 Å². The SMILES string of the molecule is Cc1cccc(OCC(CO)NC(C)C)c1.Cl. The van der Waals surface area contributed by atoms with Crippen molar-refractivity contribution in [3.8, 4) is 5.75 Å². The van der Waals surface area contributed by atoms with Crippen molar-refractivity contribution in [3.63, 3.8) is 0 Å². The maximum absolute atomic E-state index is 9.17. The predicted molar refractivity (Wildman–Crippen MR) is 73.1 cm³/mol. The van der Waals surface area contributed by atoms with Gasteiger partial charge in [0.1, 0.15) is 12.4 Å². The van der Waals surface area contributed by atoms with Gasteiger partial charge in [-0.25, -0.2) is 0 Å². The first kappa shape index (κ1) is 16.2. The summed E-state index contributed by atoms with van der Waals surface area (Å²) in [6.07, 6.45) is 0. The van der Waals surface area contributed by atoms with Crippen LogP contribution in [0, 0.1) is 6.92 Å². The monoisotopic (exact) mass is 259 g/mol. The zero-order valence-electron chi connectivity index (χ0n) is 10.6. The molecule has 0 aliphatic heterocycles. The summed E-state index contributed by atoms with van der Waals surface area (Å²) < 4.78 is 5.62. The van der Waals surface area contributed by atoms with Crippen LogP contribution in [0.4, 0.5) is 0 Å². The average Bonchev–Trinajstić information content (AvgIpc) is 2.24. The van der Waals surface area contributed by atoms with Crippen molar-refractivity contribution in [3.05, 3.63) is 29.8 Å². The number of hydrogen-bond donors (Lipinski definition) is 2. The van der Waals surface area contributed by atoms with Crippen molar-refractivity contribution >= 4 is 12.4 Å². The third-order valence-electron chi connectivity index (χ3n) is 2.23. The summed E-state index contributed by atoms with van der Waals surface area (Å²) in [6, 6.07) is 8.25. The van der Waals surface area contributed by atoms with E-state index < -0.39 is 0 Å². The Bertz CT molecular complexity index is 318. The Kier molecular flexibility index (Phi) is 7.96. The Balaban J connectivity index is 0.00000256. The van der Waals surface area contributed by atoms with Gasteiger partial charge in [-0.15, -0.1) is 12.4 Å². The lowest BCUT2D eigenvalue weighted by Crippen LogP contribution is -2.41. The van der Waals surface area contributed by atoms with Crippen LogP contribution in [0.1, 0.15) is 19.4 Å². The van der Waals surface area contributed by atoms with E-state index in [9.17, 15) is 0 Å². The predicted octanol–water partition coefficient (Wildman–Crippen LogP) is 2.15. The highest BCUT2D eigenvalue weighted by molar-refractivity contribution is 5.85. The molecule has 0 aromatic heterocycles. The number of ether oxygens (including phenoxy) is 1. The lowest BCUT2D eigenvalue weighted by molar-refractivity contribution is 0.177. The number of aliphatic hydroxyl groups is 1. The average molecular weight is 260 g/mol. The number of rotatable bonds is 6. The van der Waals surface area contributed by atoms with Crippen LogP contribution in [-0.2, 0) is 0 Å². The molecule has 0 aliphatic rings. The van der Waals surface area contributed by atoms with Crippen molar-refractivity contribution in [2.24, 2.45) is 0 Å². The van der Waals surface area contributed by atoms with Crippen LogP contribution in [-0.4, -0.2) is 30.4 Å². The number of benzene rings is 1. The molecule has 17 heavy (non-hydrogen) atoms. The van der Waals surface area contributed by atoms with E-state index in [-0.39, 0.29) is 25.1 Å². The molecule has 0 radical (unpaired) electrons. The fourth-order valence-corrected chi connectivity index (χ4v) is 1.53. The number of hydrogen-bond acceptors (Lipinski definition) is 3. The van der Waals surface area contributed by atoms with Crippen LogP contribution in [0.3, 0.4) is 0 Å². The number of nitrogens with one attached hydrogen (secondary N) is 1. The van der Waals surface area contributed by atoms with Crippen LogP contribution in [0.2, 0.25) is 0 Å². The van der Waals surface area contributed by atoms with Crippen molar-refractivity contribution in [2.75, 3.05) is 13.2 Å². The summed E-state index contributed by atoms with van der Waals surface area (Å²) in [7, 11) is 0. The summed E-state index contributed by atoms with van der Waals surface area (Å²) in [5, 5.41) is 12.4. The molecule has 0 amide bonds. The van der Waals surface area contributed by atoms with Gasteiger partial charge in [-0.2, -0.15) is 0 Å². The molecule has 2 N–H and O–H groups in total. The first-order valence-electron chi connectivity index (χ1n) is 5.68. The van der Waals surface area contributed by atoms with Crippen molar-refractivity contribution in [2.45, 2.75) is 32.9 Å². The van der Waals surface area contributed by atoms with Crippen LogP contribution in [0.25, 0.3) is 0 Å². The maximum Gasteiger partial charge on any atom is 0.119 e.